The number of esters is 1. The van der Waals surface area contributed by atoms with Crippen LogP contribution in [0.3, 0.4) is 0 Å². The van der Waals surface area contributed by atoms with Crippen LogP contribution >= 0.6 is 0 Å². The molecule has 1 heterocycles. The van der Waals surface area contributed by atoms with Crippen LogP contribution in [0.15, 0.2) is 28.9 Å². The molecule has 0 radical (unpaired) electrons. The number of Topliss-reactive ketones (excluding diaryl/α,β-unsaturated/α-hetero) is 1. The summed E-state index contributed by atoms with van der Waals surface area (Å²) in [5, 5.41) is 0.833. The molecule has 5 nitrogen and oxygen atoms in total. The summed E-state index contributed by atoms with van der Waals surface area (Å²) >= 11 is 0. The second-order valence-electron chi connectivity index (χ2n) is 6.13. The summed E-state index contributed by atoms with van der Waals surface area (Å²) in [4.78, 5) is 23.6. The molecule has 0 unspecified atom stereocenters. The van der Waals surface area contributed by atoms with Crippen molar-refractivity contribution in [2.45, 2.75) is 27.2 Å². The fraction of sp³-hybridized carbons (Fsp3) is 0.412. The molecule has 0 atom stereocenters. The standard InChI is InChI=1S/C17H20O5/c1-17(2,3)15(18)10-22-16(19)7-11-9-21-14-8-12(20-4)5-6-13(11)14/h5-6,8-9H,7,10H2,1-4H3. The third-order valence-corrected chi connectivity index (χ3v) is 3.40. The molecular weight excluding hydrogens is 284 g/mol. The van der Waals surface area contributed by atoms with Crippen LogP contribution in [-0.4, -0.2) is 25.5 Å². The van der Waals surface area contributed by atoms with E-state index in [0.717, 1.165) is 10.9 Å². The zero-order chi connectivity index (χ0) is 16.3. The predicted octanol–water partition coefficient (Wildman–Crippen LogP) is 3.14. The summed E-state index contributed by atoms with van der Waals surface area (Å²) in [6.07, 6.45) is 1.59. The van der Waals surface area contributed by atoms with E-state index in [0.29, 0.717) is 11.3 Å². The molecule has 0 saturated carbocycles. The molecule has 0 aliphatic heterocycles. The Bertz CT molecular complexity index is 691. The summed E-state index contributed by atoms with van der Waals surface area (Å²) in [6.45, 7) is 5.17. The molecule has 5 heteroatoms. The second-order valence-corrected chi connectivity index (χ2v) is 6.13. The number of ketones is 1. The summed E-state index contributed by atoms with van der Waals surface area (Å²) in [5.74, 6) is 0.130. The lowest BCUT2D eigenvalue weighted by atomic mass is 9.91. The van der Waals surface area contributed by atoms with E-state index < -0.39 is 11.4 Å². The maximum absolute atomic E-state index is 11.9. The lowest BCUT2D eigenvalue weighted by Crippen LogP contribution is -2.26. The summed E-state index contributed by atoms with van der Waals surface area (Å²) in [6, 6.07) is 5.39. The maximum Gasteiger partial charge on any atom is 0.310 e. The van der Waals surface area contributed by atoms with Crippen LogP contribution in [0.25, 0.3) is 11.0 Å². The highest BCUT2D eigenvalue weighted by atomic mass is 16.5. The number of rotatable bonds is 5. The maximum atomic E-state index is 11.9. The third kappa shape index (κ3) is 3.67. The van der Waals surface area contributed by atoms with Crippen LogP contribution in [-0.2, 0) is 20.7 Å². The van der Waals surface area contributed by atoms with Crippen molar-refractivity contribution in [1.82, 2.24) is 0 Å². The number of hydrogen-bond donors (Lipinski definition) is 0. The zero-order valence-electron chi connectivity index (χ0n) is 13.3. The fourth-order valence-corrected chi connectivity index (χ4v) is 1.90. The Balaban J connectivity index is 2.02. The molecule has 2 rings (SSSR count). The number of benzene rings is 1. The monoisotopic (exact) mass is 304 g/mol. The Morgan fingerprint density at radius 3 is 2.59 bits per heavy atom. The molecule has 0 amide bonds. The van der Waals surface area contributed by atoms with Crippen LogP contribution in [0.2, 0.25) is 0 Å². The molecule has 0 bridgehead atoms. The second kappa shape index (κ2) is 6.22. The molecule has 0 fully saturated rings. The Hall–Kier alpha value is -2.30. The van der Waals surface area contributed by atoms with Gasteiger partial charge in [0.2, 0.25) is 0 Å². The summed E-state index contributed by atoms with van der Waals surface area (Å²) in [7, 11) is 1.58. The summed E-state index contributed by atoms with van der Waals surface area (Å²) in [5.41, 5.74) is 0.859. The minimum Gasteiger partial charge on any atom is -0.497 e. The van der Waals surface area contributed by atoms with Crippen LogP contribution in [0.5, 0.6) is 5.75 Å². The van der Waals surface area contributed by atoms with E-state index in [2.05, 4.69) is 0 Å². The molecule has 22 heavy (non-hydrogen) atoms. The quantitative estimate of drug-likeness (QED) is 0.794. The molecule has 1 aromatic carbocycles. The van der Waals surface area contributed by atoms with Crippen molar-refractivity contribution in [1.29, 1.82) is 0 Å². The third-order valence-electron chi connectivity index (χ3n) is 3.40. The highest BCUT2D eigenvalue weighted by Crippen LogP contribution is 2.26. The first-order valence-corrected chi connectivity index (χ1v) is 7.04. The summed E-state index contributed by atoms with van der Waals surface area (Å²) < 4.78 is 15.6. The van der Waals surface area contributed by atoms with Crippen molar-refractivity contribution in [3.63, 3.8) is 0 Å². The van der Waals surface area contributed by atoms with Gasteiger partial charge < -0.3 is 13.9 Å². The number of methoxy groups -OCH3 is 1. The van der Waals surface area contributed by atoms with Crippen LogP contribution < -0.4 is 4.74 Å². The van der Waals surface area contributed by atoms with Crippen LogP contribution in [0.4, 0.5) is 0 Å². The zero-order valence-corrected chi connectivity index (χ0v) is 13.3. The molecule has 0 saturated heterocycles. The van der Waals surface area contributed by atoms with E-state index in [1.54, 1.807) is 40.0 Å². The van der Waals surface area contributed by atoms with Gasteiger partial charge in [-0.25, -0.2) is 0 Å². The lowest BCUT2D eigenvalue weighted by Gasteiger charge is -2.16. The Kier molecular flexibility index (Phi) is 4.54. The Morgan fingerprint density at radius 1 is 1.23 bits per heavy atom. The van der Waals surface area contributed by atoms with E-state index in [9.17, 15) is 9.59 Å². The normalized spacial score (nSPS) is 11.5. The molecule has 1 aromatic heterocycles. The number of fused-ring (bicyclic) bond motifs is 1. The van der Waals surface area contributed by atoms with Crippen molar-refractivity contribution in [3.05, 3.63) is 30.0 Å². The van der Waals surface area contributed by atoms with E-state index >= 15 is 0 Å². The SMILES string of the molecule is COc1ccc2c(CC(=O)OCC(=O)C(C)(C)C)coc2c1. The topological polar surface area (TPSA) is 65.7 Å². The number of ether oxygens (including phenoxy) is 2. The highest BCUT2D eigenvalue weighted by Gasteiger charge is 2.22. The minimum atomic E-state index is -0.515. The van der Waals surface area contributed by atoms with Gasteiger partial charge in [-0.15, -0.1) is 0 Å². The van der Waals surface area contributed by atoms with Crippen LogP contribution in [0.1, 0.15) is 26.3 Å². The van der Waals surface area contributed by atoms with Gasteiger partial charge in [0.25, 0.3) is 0 Å². The van der Waals surface area contributed by atoms with E-state index in [-0.39, 0.29) is 18.8 Å². The average Bonchev–Trinajstić information content (AvgIpc) is 2.85. The fourth-order valence-electron chi connectivity index (χ4n) is 1.90. The molecular formula is C17H20O5. The van der Waals surface area contributed by atoms with Gasteiger partial charge in [0.15, 0.2) is 12.4 Å². The lowest BCUT2D eigenvalue weighted by molar-refractivity contribution is -0.149. The van der Waals surface area contributed by atoms with Crippen molar-refractivity contribution >= 4 is 22.7 Å². The molecule has 2 aromatic rings. The molecule has 0 aliphatic carbocycles. The minimum absolute atomic E-state index is 0.0662. The number of furan rings is 1. The van der Waals surface area contributed by atoms with Crippen LogP contribution in [0, 0.1) is 5.41 Å². The highest BCUT2D eigenvalue weighted by molar-refractivity contribution is 5.89. The van der Waals surface area contributed by atoms with Crippen molar-refractivity contribution in [2.75, 3.05) is 13.7 Å². The number of hydrogen-bond acceptors (Lipinski definition) is 5. The number of carbonyl (C=O) groups is 2. The van der Waals surface area contributed by atoms with Gasteiger partial charge in [-0.1, -0.05) is 20.8 Å². The van der Waals surface area contributed by atoms with E-state index in [1.807, 2.05) is 6.07 Å². The number of carbonyl (C=O) groups excluding carboxylic acids is 2. The van der Waals surface area contributed by atoms with Gasteiger partial charge in [-0.2, -0.15) is 0 Å². The molecule has 0 spiro atoms. The van der Waals surface area contributed by atoms with Gasteiger partial charge in [0.1, 0.15) is 11.3 Å². The molecule has 0 N–H and O–H groups in total. The van der Waals surface area contributed by atoms with E-state index in [1.165, 1.54) is 6.26 Å². The van der Waals surface area contributed by atoms with E-state index in [4.69, 9.17) is 13.9 Å². The Labute approximate surface area is 129 Å². The van der Waals surface area contributed by atoms with Crippen molar-refractivity contribution in [3.8, 4) is 5.75 Å². The van der Waals surface area contributed by atoms with Gasteiger partial charge in [-0.3, -0.25) is 9.59 Å². The first-order valence-electron chi connectivity index (χ1n) is 7.04. The first-order chi connectivity index (χ1) is 10.3. The van der Waals surface area contributed by atoms with Gasteiger partial charge in [-0.05, 0) is 12.1 Å². The van der Waals surface area contributed by atoms with Gasteiger partial charge in [0.05, 0.1) is 19.8 Å². The van der Waals surface area contributed by atoms with Crippen molar-refractivity contribution < 1.29 is 23.5 Å². The molecule has 0 aliphatic rings. The Morgan fingerprint density at radius 2 is 1.95 bits per heavy atom. The first kappa shape index (κ1) is 16.1. The largest absolute Gasteiger partial charge is 0.497 e. The van der Waals surface area contributed by atoms with Gasteiger partial charge in [0, 0.05) is 22.4 Å². The predicted molar refractivity (Wildman–Crippen MR) is 81.9 cm³/mol. The average molecular weight is 304 g/mol. The van der Waals surface area contributed by atoms with Crippen molar-refractivity contribution in [2.24, 2.45) is 5.41 Å². The smallest absolute Gasteiger partial charge is 0.310 e. The molecule has 118 valence electrons. The van der Waals surface area contributed by atoms with Gasteiger partial charge >= 0.3 is 5.97 Å².